The van der Waals surface area contributed by atoms with Crippen LogP contribution >= 0.6 is 31.9 Å². The molecule has 0 amide bonds. The van der Waals surface area contributed by atoms with E-state index in [1.54, 1.807) is 36.4 Å². The summed E-state index contributed by atoms with van der Waals surface area (Å²) in [6, 6.07) is 11.8. The molecule has 0 bridgehead atoms. The van der Waals surface area contributed by atoms with Crippen LogP contribution in [0.15, 0.2) is 56.3 Å². The molecule has 4 nitrogen and oxygen atoms in total. The van der Waals surface area contributed by atoms with Crippen LogP contribution < -0.4 is 10.5 Å². The van der Waals surface area contributed by atoms with Crippen molar-refractivity contribution in [2.24, 2.45) is 0 Å². The van der Waals surface area contributed by atoms with Gasteiger partial charge in [-0.2, -0.15) is 0 Å². The van der Waals surface area contributed by atoms with Gasteiger partial charge in [0.1, 0.15) is 4.90 Å². The maximum Gasteiger partial charge on any atom is 0.264 e. The van der Waals surface area contributed by atoms with Gasteiger partial charge in [0, 0.05) is 20.3 Å². The molecule has 19 heavy (non-hydrogen) atoms. The van der Waals surface area contributed by atoms with Gasteiger partial charge in [-0.1, -0.05) is 18.2 Å². The van der Waals surface area contributed by atoms with Crippen LogP contribution in [0.5, 0.6) is 0 Å². The lowest BCUT2D eigenvalue weighted by molar-refractivity contribution is 0.600. The first kappa shape index (κ1) is 14.4. The van der Waals surface area contributed by atoms with Crippen LogP contribution in [0.4, 0.5) is 11.4 Å². The normalized spacial score (nSPS) is 11.3. The van der Waals surface area contributed by atoms with Crippen LogP contribution in [-0.4, -0.2) is 8.42 Å². The number of sulfonamides is 1. The Labute approximate surface area is 128 Å². The molecule has 100 valence electrons. The fourth-order valence-electron chi connectivity index (χ4n) is 1.55. The molecule has 7 heteroatoms. The second kappa shape index (κ2) is 5.52. The second-order valence-electron chi connectivity index (χ2n) is 3.79. The molecule has 2 rings (SSSR count). The van der Waals surface area contributed by atoms with Crippen LogP contribution in [0.1, 0.15) is 0 Å². The van der Waals surface area contributed by atoms with Gasteiger partial charge in [-0.05, 0) is 56.1 Å². The maximum atomic E-state index is 12.3. The largest absolute Gasteiger partial charge is 0.399 e. The average molecular weight is 406 g/mol. The number of para-hydroxylation sites is 1. The number of hydrogen-bond donors (Lipinski definition) is 2. The van der Waals surface area contributed by atoms with Gasteiger partial charge in [0.25, 0.3) is 10.0 Å². The van der Waals surface area contributed by atoms with E-state index in [0.29, 0.717) is 20.3 Å². The summed E-state index contributed by atoms with van der Waals surface area (Å²) in [6.07, 6.45) is 0. The van der Waals surface area contributed by atoms with Crippen molar-refractivity contribution in [3.8, 4) is 0 Å². The molecule has 0 heterocycles. The SMILES string of the molecule is Nc1cc(Br)c(S(=O)(=O)Nc2ccccc2)c(Br)c1. The fourth-order valence-corrected chi connectivity index (χ4v) is 5.23. The van der Waals surface area contributed by atoms with Crippen molar-refractivity contribution in [2.45, 2.75) is 4.90 Å². The number of nitrogens with one attached hydrogen (secondary N) is 1. The summed E-state index contributed by atoms with van der Waals surface area (Å²) >= 11 is 6.44. The third kappa shape index (κ3) is 3.29. The van der Waals surface area contributed by atoms with Crippen molar-refractivity contribution < 1.29 is 8.42 Å². The second-order valence-corrected chi connectivity index (χ2v) is 7.11. The molecule has 0 unspecified atom stereocenters. The monoisotopic (exact) mass is 404 g/mol. The fraction of sp³-hybridized carbons (Fsp3) is 0. The van der Waals surface area contributed by atoms with E-state index in [2.05, 4.69) is 36.6 Å². The third-order valence-corrected chi connectivity index (χ3v) is 5.57. The Kier molecular flexibility index (Phi) is 4.17. The zero-order chi connectivity index (χ0) is 14.0. The van der Waals surface area contributed by atoms with Gasteiger partial charge in [0.05, 0.1) is 0 Å². The van der Waals surface area contributed by atoms with Gasteiger partial charge in [0.2, 0.25) is 0 Å². The molecule has 0 aromatic heterocycles. The van der Waals surface area contributed by atoms with E-state index in [4.69, 9.17) is 5.73 Å². The Morgan fingerprint density at radius 3 is 2.05 bits per heavy atom. The van der Waals surface area contributed by atoms with Gasteiger partial charge in [-0.3, -0.25) is 4.72 Å². The summed E-state index contributed by atoms with van der Waals surface area (Å²) in [5.41, 5.74) is 6.62. The third-order valence-electron chi connectivity index (χ3n) is 2.32. The van der Waals surface area contributed by atoms with E-state index < -0.39 is 10.0 Å². The summed E-state index contributed by atoms with van der Waals surface area (Å²) in [4.78, 5) is 0.116. The molecule has 2 aromatic rings. The summed E-state index contributed by atoms with van der Waals surface area (Å²) in [6.45, 7) is 0. The van der Waals surface area contributed by atoms with Crippen LogP contribution in [-0.2, 0) is 10.0 Å². The van der Waals surface area contributed by atoms with E-state index in [9.17, 15) is 8.42 Å². The number of halogens is 2. The van der Waals surface area contributed by atoms with Crippen molar-refractivity contribution in [1.82, 2.24) is 0 Å². The first-order valence-electron chi connectivity index (χ1n) is 5.22. The highest BCUT2D eigenvalue weighted by Crippen LogP contribution is 2.33. The van der Waals surface area contributed by atoms with E-state index in [0.717, 1.165) is 0 Å². The molecule has 0 aliphatic carbocycles. The van der Waals surface area contributed by atoms with Gasteiger partial charge in [0.15, 0.2) is 0 Å². The molecular formula is C12H10Br2N2O2S. The molecule has 0 fully saturated rings. The molecule has 0 aliphatic rings. The Bertz CT molecular complexity index is 680. The molecule has 2 aromatic carbocycles. The van der Waals surface area contributed by atoms with E-state index in [1.165, 1.54) is 0 Å². The number of benzene rings is 2. The van der Waals surface area contributed by atoms with Crippen LogP contribution in [0.25, 0.3) is 0 Å². The molecule has 0 atom stereocenters. The average Bonchev–Trinajstić information content (AvgIpc) is 2.27. The zero-order valence-corrected chi connectivity index (χ0v) is 13.6. The van der Waals surface area contributed by atoms with Gasteiger partial charge >= 0.3 is 0 Å². The van der Waals surface area contributed by atoms with E-state index >= 15 is 0 Å². The first-order chi connectivity index (χ1) is 8.90. The standard InChI is InChI=1S/C12H10Br2N2O2S/c13-10-6-8(15)7-11(14)12(10)19(17,18)16-9-4-2-1-3-5-9/h1-7,16H,15H2. The van der Waals surface area contributed by atoms with E-state index in [1.807, 2.05) is 6.07 Å². The van der Waals surface area contributed by atoms with Crippen molar-refractivity contribution in [1.29, 1.82) is 0 Å². The van der Waals surface area contributed by atoms with Gasteiger partial charge in [-0.25, -0.2) is 8.42 Å². The zero-order valence-electron chi connectivity index (χ0n) is 9.60. The highest BCUT2D eigenvalue weighted by atomic mass is 79.9. The van der Waals surface area contributed by atoms with E-state index in [-0.39, 0.29) is 4.90 Å². The van der Waals surface area contributed by atoms with Crippen LogP contribution in [0, 0.1) is 0 Å². The smallest absolute Gasteiger partial charge is 0.264 e. The lowest BCUT2D eigenvalue weighted by atomic mass is 10.3. The summed E-state index contributed by atoms with van der Waals surface area (Å²) in [5, 5.41) is 0. The Hall–Kier alpha value is -1.05. The summed E-state index contributed by atoms with van der Waals surface area (Å²) in [7, 11) is -3.69. The number of hydrogen-bond acceptors (Lipinski definition) is 3. The van der Waals surface area contributed by atoms with Crippen molar-refractivity contribution >= 4 is 53.3 Å². The minimum Gasteiger partial charge on any atom is -0.399 e. The van der Waals surface area contributed by atoms with Crippen LogP contribution in [0.2, 0.25) is 0 Å². The Morgan fingerprint density at radius 1 is 1.00 bits per heavy atom. The summed E-state index contributed by atoms with van der Waals surface area (Å²) < 4.78 is 28.0. The molecule has 0 spiro atoms. The van der Waals surface area contributed by atoms with Crippen LogP contribution in [0.3, 0.4) is 0 Å². The van der Waals surface area contributed by atoms with Crippen molar-refractivity contribution in [3.63, 3.8) is 0 Å². The highest BCUT2D eigenvalue weighted by molar-refractivity contribution is 9.11. The topological polar surface area (TPSA) is 72.2 Å². The van der Waals surface area contributed by atoms with Gasteiger partial charge < -0.3 is 5.73 Å². The Balaban J connectivity index is 2.46. The minimum atomic E-state index is -3.69. The van der Waals surface area contributed by atoms with Crippen molar-refractivity contribution in [3.05, 3.63) is 51.4 Å². The molecular weight excluding hydrogens is 396 g/mol. The quantitative estimate of drug-likeness (QED) is 0.766. The lowest BCUT2D eigenvalue weighted by Crippen LogP contribution is -2.14. The molecule has 0 radical (unpaired) electrons. The molecule has 0 saturated carbocycles. The number of rotatable bonds is 3. The Morgan fingerprint density at radius 2 is 1.53 bits per heavy atom. The lowest BCUT2D eigenvalue weighted by Gasteiger charge is -2.12. The molecule has 0 aliphatic heterocycles. The number of nitrogens with two attached hydrogens (primary N) is 1. The summed E-state index contributed by atoms with van der Waals surface area (Å²) in [5.74, 6) is 0. The predicted octanol–water partition coefficient (Wildman–Crippen LogP) is 3.59. The van der Waals surface area contributed by atoms with Crippen molar-refractivity contribution in [2.75, 3.05) is 10.5 Å². The number of anilines is 2. The molecule has 3 N–H and O–H groups in total. The maximum absolute atomic E-state index is 12.3. The number of nitrogen functional groups attached to an aromatic ring is 1. The first-order valence-corrected chi connectivity index (χ1v) is 8.29. The predicted molar refractivity (Wildman–Crippen MR) is 83.5 cm³/mol. The molecule has 0 saturated heterocycles. The van der Waals surface area contributed by atoms with Gasteiger partial charge in [-0.15, -0.1) is 0 Å². The minimum absolute atomic E-state index is 0.116. The highest BCUT2D eigenvalue weighted by Gasteiger charge is 2.21.